The maximum absolute atomic E-state index is 13.6. The zero-order chi connectivity index (χ0) is 24.4. The number of nitrogens with one attached hydrogen (secondary N) is 1. The van der Waals surface area contributed by atoms with Crippen molar-refractivity contribution < 1.29 is 28.2 Å². The summed E-state index contributed by atoms with van der Waals surface area (Å²) in [7, 11) is -1.82. The molecule has 0 aliphatic carbocycles. The van der Waals surface area contributed by atoms with Crippen molar-refractivity contribution in [1.82, 2.24) is 15.1 Å². The number of aromatic hydroxyl groups is 2. The van der Waals surface area contributed by atoms with Crippen LogP contribution >= 0.6 is 0 Å². The Morgan fingerprint density at radius 2 is 1.85 bits per heavy atom. The smallest absolute Gasteiger partial charge is 0.273 e. The van der Waals surface area contributed by atoms with Gasteiger partial charge in [0.1, 0.15) is 17.1 Å². The summed E-state index contributed by atoms with van der Waals surface area (Å²) in [6.45, 7) is 3.82. The van der Waals surface area contributed by atoms with Crippen molar-refractivity contribution in [2.45, 2.75) is 32.4 Å². The van der Waals surface area contributed by atoms with Crippen molar-refractivity contribution >= 4 is 15.7 Å². The number of aromatic nitrogens is 2. The van der Waals surface area contributed by atoms with Crippen LogP contribution in [-0.2, 0) is 9.84 Å². The topological polar surface area (TPSA) is 133 Å². The molecule has 9 nitrogen and oxygen atoms in total. The lowest BCUT2D eigenvalue weighted by Crippen LogP contribution is -2.40. The highest BCUT2D eigenvalue weighted by Crippen LogP contribution is 2.47. The number of phenols is 2. The van der Waals surface area contributed by atoms with Gasteiger partial charge in [0.25, 0.3) is 5.91 Å². The molecule has 2 unspecified atom stereocenters. The van der Waals surface area contributed by atoms with Crippen molar-refractivity contribution in [3.05, 3.63) is 58.3 Å². The van der Waals surface area contributed by atoms with E-state index in [0.717, 1.165) is 11.1 Å². The Hall–Kier alpha value is -3.53. The van der Waals surface area contributed by atoms with Crippen LogP contribution in [0, 0.1) is 13.8 Å². The molecule has 1 aromatic heterocycles. The van der Waals surface area contributed by atoms with Gasteiger partial charge in [-0.3, -0.25) is 9.89 Å². The summed E-state index contributed by atoms with van der Waals surface area (Å²) in [5.41, 5.74) is 4.22. The zero-order valence-electron chi connectivity index (χ0n) is 19.0. The summed E-state index contributed by atoms with van der Waals surface area (Å²) in [5, 5.41) is 28.1. The van der Waals surface area contributed by atoms with Gasteiger partial charge in [0.2, 0.25) is 0 Å². The van der Waals surface area contributed by atoms with E-state index in [2.05, 4.69) is 10.2 Å². The molecule has 1 saturated heterocycles. The first-order valence-electron chi connectivity index (χ1n) is 10.9. The minimum absolute atomic E-state index is 0.0179. The Kier molecular flexibility index (Phi) is 5.09. The predicted octanol–water partition coefficient (Wildman–Crippen LogP) is 2.85. The third-order valence-electron chi connectivity index (χ3n) is 6.79. The number of rotatable bonds is 4. The number of amides is 1. The van der Waals surface area contributed by atoms with Crippen molar-refractivity contribution in [2.75, 3.05) is 18.6 Å². The van der Waals surface area contributed by atoms with Gasteiger partial charge in [-0.1, -0.05) is 6.07 Å². The summed E-state index contributed by atoms with van der Waals surface area (Å²) in [5.74, 6) is -0.234. The van der Waals surface area contributed by atoms with Crippen LogP contribution < -0.4 is 4.74 Å². The third kappa shape index (κ3) is 3.40. The second-order valence-corrected chi connectivity index (χ2v) is 11.1. The molecule has 5 rings (SSSR count). The second kappa shape index (κ2) is 7.76. The van der Waals surface area contributed by atoms with Crippen LogP contribution in [-0.4, -0.2) is 64.3 Å². The molecular weight excluding hydrogens is 458 g/mol. The van der Waals surface area contributed by atoms with Crippen LogP contribution in [0.3, 0.4) is 0 Å². The average molecular weight is 484 g/mol. The molecule has 34 heavy (non-hydrogen) atoms. The van der Waals surface area contributed by atoms with Crippen LogP contribution in [0.2, 0.25) is 0 Å². The fraction of sp³-hybridized carbons (Fsp3) is 0.333. The average Bonchev–Trinajstić information content (AvgIpc) is 3.44. The number of ether oxygens (including phenoxy) is 1. The number of aryl methyl sites for hydroxylation is 2. The molecule has 2 aliphatic heterocycles. The van der Waals surface area contributed by atoms with E-state index in [4.69, 9.17) is 4.74 Å². The molecule has 2 aliphatic rings. The van der Waals surface area contributed by atoms with E-state index in [1.807, 2.05) is 19.9 Å². The van der Waals surface area contributed by atoms with E-state index < -0.39 is 21.9 Å². The lowest BCUT2D eigenvalue weighted by Gasteiger charge is -2.31. The lowest BCUT2D eigenvalue weighted by molar-refractivity contribution is 0.0677. The Bertz CT molecular complexity index is 1430. The molecule has 0 radical (unpaired) electrons. The number of benzene rings is 2. The Labute approximate surface area is 196 Å². The Balaban J connectivity index is 1.72. The second-order valence-electron chi connectivity index (χ2n) is 8.92. The molecule has 1 fully saturated rings. The van der Waals surface area contributed by atoms with Gasteiger partial charge in [-0.15, -0.1) is 0 Å². The normalized spacial score (nSPS) is 21.1. The number of carbonyl (C=O) groups excluding carboxylic acids is 1. The molecule has 178 valence electrons. The summed E-state index contributed by atoms with van der Waals surface area (Å²) in [6, 6.07) is 7.08. The Morgan fingerprint density at radius 1 is 1.12 bits per heavy atom. The van der Waals surface area contributed by atoms with Crippen LogP contribution in [0.1, 0.15) is 45.2 Å². The van der Waals surface area contributed by atoms with Gasteiger partial charge < -0.3 is 19.8 Å². The zero-order valence-corrected chi connectivity index (χ0v) is 19.8. The standard InChI is InChI=1S/C24H25N3O6S/c1-12-8-16(18(29)9-13(12)2)21-20-22(26-25-21)24(30)27(15-6-7-34(31,32)11-15)23(20)14-4-5-17(28)19(10-14)33-3/h4-5,8-10,15,23,28-29H,6-7,11H2,1-3H3,(H,25,26). The highest BCUT2D eigenvalue weighted by atomic mass is 32.2. The number of H-pyrrole nitrogens is 1. The van der Waals surface area contributed by atoms with Gasteiger partial charge in [0, 0.05) is 17.2 Å². The van der Waals surface area contributed by atoms with Crippen LogP contribution in [0.4, 0.5) is 0 Å². The van der Waals surface area contributed by atoms with Gasteiger partial charge >= 0.3 is 0 Å². The monoisotopic (exact) mass is 483 g/mol. The fourth-order valence-electron chi connectivity index (χ4n) is 4.92. The number of fused-ring (bicyclic) bond motifs is 1. The predicted molar refractivity (Wildman–Crippen MR) is 125 cm³/mol. The van der Waals surface area contributed by atoms with Crippen molar-refractivity contribution in [3.8, 4) is 28.5 Å². The summed E-state index contributed by atoms with van der Waals surface area (Å²) >= 11 is 0. The molecule has 2 atom stereocenters. The van der Waals surface area contributed by atoms with Gasteiger partial charge in [0.05, 0.1) is 24.7 Å². The van der Waals surface area contributed by atoms with Gasteiger partial charge in [0.15, 0.2) is 21.3 Å². The molecular formula is C24H25N3O6S. The summed E-state index contributed by atoms with van der Waals surface area (Å²) in [6.07, 6.45) is 0.335. The molecule has 1 amide bonds. The number of methoxy groups -OCH3 is 1. The SMILES string of the molecule is COc1cc(C2c3c(-c4cc(C)c(C)cc4O)n[nH]c3C(=O)N2C2CCS(=O)(=O)C2)ccc1O. The van der Waals surface area contributed by atoms with Crippen LogP contribution in [0.15, 0.2) is 30.3 Å². The van der Waals surface area contributed by atoms with E-state index in [1.54, 1.807) is 23.1 Å². The molecule has 0 bridgehead atoms. The van der Waals surface area contributed by atoms with Crippen molar-refractivity contribution in [2.24, 2.45) is 0 Å². The first-order chi connectivity index (χ1) is 16.1. The quantitative estimate of drug-likeness (QED) is 0.520. The summed E-state index contributed by atoms with van der Waals surface area (Å²) in [4.78, 5) is 15.2. The maximum Gasteiger partial charge on any atom is 0.273 e. The molecule has 10 heteroatoms. The highest BCUT2D eigenvalue weighted by molar-refractivity contribution is 7.91. The Morgan fingerprint density at radius 3 is 2.53 bits per heavy atom. The third-order valence-corrected chi connectivity index (χ3v) is 8.54. The highest BCUT2D eigenvalue weighted by Gasteiger charge is 2.48. The molecule has 0 saturated carbocycles. The number of phenolic OH excluding ortho intramolecular Hbond substituents is 2. The number of sulfone groups is 1. The lowest BCUT2D eigenvalue weighted by atomic mass is 9.93. The van der Waals surface area contributed by atoms with E-state index >= 15 is 0 Å². The maximum atomic E-state index is 13.6. The molecule has 3 aromatic rings. The molecule has 2 aromatic carbocycles. The minimum atomic E-state index is -3.26. The van der Waals surface area contributed by atoms with Crippen molar-refractivity contribution in [1.29, 1.82) is 0 Å². The number of hydrogen-bond donors (Lipinski definition) is 3. The van der Waals surface area contributed by atoms with E-state index in [9.17, 15) is 23.4 Å². The first-order valence-corrected chi connectivity index (χ1v) is 12.7. The van der Waals surface area contributed by atoms with Crippen LogP contribution in [0.25, 0.3) is 11.3 Å². The molecule has 3 N–H and O–H groups in total. The number of aromatic amines is 1. The van der Waals surface area contributed by atoms with E-state index in [-0.39, 0.29) is 40.4 Å². The molecule has 0 spiro atoms. The van der Waals surface area contributed by atoms with Crippen molar-refractivity contribution in [3.63, 3.8) is 0 Å². The summed E-state index contributed by atoms with van der Waals surface area (Å²) < 4.78 is 29.8. The first kappa shape index (κ1) is 22.3. The number of carbonyl (C=O) groups is 1. The fourth-order valence-corrected chi connectivity index (χ4v) is 6.64. The number of nitrogens with zero attached hydrogens (tertiary/aromatic N) is 2. The van der Waals surface area contributed by atoms with Gasteiger partial charge in [-0.05, 0) is 61.2 Å². The minimum Gasteiger partial charge on any atom is -0.507 e. The number of hydrogen-bond acceptors (Lipinski definition) is 7. The van der Waals surface area contributed by atoms with E-state index in [1.165, 1.54) is 13.2 Å². The van der Waals surface area contributed by atoms with E-state index in [0.29, 0.717) is 28.8 Å². The van der Waals surface area contributed by atoms with Crippen LogP contribution in [0.5, 0.6) is 17.2 Å². The van der Waals surface area contributed by atoms with Gasteiger partial charge in [-0.25, -0.2) is 8.42 Å². The molecule has 3 heterocycles. The van der Waals surface area contributed by atoms with Gasteiger partial charge in [-0.2, -0.15) is 5.10 Å². The largest absolute Gasteiger partial charge is 0.507 e.